The highest BCUT2D eigenvalue weighted by atomic mass is 32.1. The van der Waals surface area contributed by atoms with Crippen LogP contribution in [0.1, 0.15) is 20.4 Å². The molecule has 0 aliphatic heterocycles. The molecule has 0 atom stereocenters. The maximum Gasteiger partial charge on any atom is 0.350 e. The number of hydrogen-bond donors (Lipinski definition) is 1. The van der Waals surface area contributed by atoms with E-state index in [0.29, 0.717) is 21.4 Å². The molecule has 1 aromatic carbocycles. The van der Waals surface area contributed by atoms with Crippen molar-refractivity contribution in [1.82, 2.24) is 9.97 Å². The fourth-order valence-electron chi connectivity index (χ4n) is 2.16. The fraction of sp³-hybridized carbons (Fsp3) is 0.176. The van der Waals surface area contributed by atoms with Crippen molar-refractivity contribution in [3.8, 4) is 11.3 Å². The smallest absolute Gasteiger partial charge is 0.350 e. The number of rotatable bonds is 5. The van der Waals surface area contributed by atoms with Gasteiger partial charge in [-0.1, -0.05) is 0 Å². The number of carbonyl (C=O) groups is 2. The van der Waals surface area contributed by atoms with Gasteiger partial charge in [0, 0.05) is 10.9 Å². The summed E-state index contributed by atoms with van der Waals surface area (Å²) in [4.78, 5) is 32.7. The first-order chi connectivity index (χ1) is 12.4. The van der Waals surface area contributed by atoms with Gasteiger partial charge in [-0.15, -0.1) is 22.7 Å². The molecule has 0 bridgehead atoms. The van der Waals surface area contributed by atoms with Crippen LogP contribution in [0.25, 0.3) is 11.3 Å². The number of aromatic nitrogens is 2. The van der Waals surface area contributed by atoms with Gasteiger partial charge in [0.15, 0.2) is 11.7 Å². The Labute approximate surface area is 156 Å². The van der Waals surface area contributed by atoms with Crippen LogP contribution in [0, 0.1) is 19.7 Å². The van der Waals surface area contributed by atoms with Gasteiger partial charge in [-0.3, -0.25) is 10.1 Å². The van der Waals surface area contributed by atoms with Crippen molar-refractivity contribution in [3.05, 3.63) is 51.0 Å². The quantitative estimate of drug-likeness (QED) is 0.669. The standard InChI is InChI=1S/C17H14FN3O3S2/c1-9-15(26-10(2)19-9)16(23)24-7-14(22)21-17-20-13(8-25-17)11-3-5-12(18)6-4-11/h3-6,8H,7H2,1-2H3,(H,20,21,22). The second-order valence-corrected chi connectivity index (χ2v) is 7.38. The third kappa shape index (κ3) is 4.30. The number of aryl methyl sites for hydroxylation is 2. The second-order valence-electron chi connectivity index (χ2n) is 5.32. The summed E-state index contributed by atoms with van der Waals surface area (Å²) in [5.41, 5.74) is 1.95. The van der Waals surface area contributed by atoms with Crippen molar-refractivity contribution in [1.29, 1.82) is 0 Å². The van der Waals surface area contributed by atoms with Gasteiger partial charge in [-0.25, -0.2) is 19.2 Å². The van der Waals surface area contributed by atoms with E-state index in [2.05, 4.69) is 15.3 Å². The van der Waals surface area contributed by atoms with E-state index in [0.717, 1.165) is 10.6 Å². The Balaban J connectivity index is 1.56. The van der Waals surface area contributed by atoms with Crippen LogP contribution < -0.4 is 5.32 Å². The predicted molar refractivity (Wildman–Crippen MR) is 98.0 cm³/mol. The molecule has 0 aliphatic carbocycles. The molecule has 0 unspecified atom stereocenters. The maximum absolute atomic E-state index is 13.0. The first-order valence-electron chi connectivity index (χ1n) is 7.55. The Hall–Kier alpha value is -2.65. The number of nitrogens with zero attached hydrogens (tertiary/aromatic N) is 2. The molecule has 2 heterocycles. The van der Waals surface area contributed by atoms with Crippen molar-refractivity contribution in [2.24, 2.45) is 0 Å². The molecule has 3 aromatic rings. The number of thiazole rings is 2. The Morgan fingerprint density at radius 2 is 1.92 bits per heavy atom. The third-order valence-corrected chi connectivity index (χ3v) is 5.12. The maximum atomic E-state index is 13.0. The minimum Gasteiger partial charge on any atom is -0.451 e. The summed E-state index contributed by atoms with van der Waals surface area (Å²) in [6.07, 6.45) is 0. The van der Waals surface area contributed by atoms with Crippen LogP contribution in [0.2, 0.25) is 0 Å². The zero-order valence-electron chi connectivity index (χ0n) is 13.9. The molecule has 0 aliphatic rings. The summed E-state index contributed by atoms with van der Waals surface area (Å²) in [5, 5.41) is 5.45. The number of halogens is 1. The van der Waals surface area contributed by atoms with E-state index in [4.69, 9.17) is 4.74 Å². The first kappa shape index (κ1) is 18.2. The lowest BCUT2D eigenvalue weighted by molar-refractivity contribution is -0.119. The molecule has 6 nitrogen and oxygen atoms in total. The molecular formula is C17H14FN3O3S2. The van der Waals surface area contributed by atoms with Crippen LogP contribution in [0.15, 0.2) is 29.6 Å². The molecule has 2 aromatic heterocycles. The van der Waals surface area contributed by atoms with Gasteiger partial charge in [0.2, 0.25) is 0 Å². The topological polar surface area (TPSA) is 81.2 Å². The largest absolute Gasteiger partial charge is 0.451 e. The van der Waals surface area contributed by atoms with E-state index in [1.165, 1.54) is 34.8 Å². The number of amides is 1. The average molecular weight is 391 g/mol. The van der Waals surface area contributed by atoms with Crippen LogP contribution in [0.5, 0.6) is 0 Å². The summed E-state index contributed by atoms with van der Waals surface area (Å²) < 4.78 is 18.0. The highest BCUT2D eigenvalue weighted by molar-refractivity contribution is 7.14. The van der Waals surface area contributed by atoms with E-state index < -0.39 is 18.5 Å². The Morgan fingerprint density at radius 1 is 1.19 bits per heavy atom. The van der Waals surface area contributed by atoms with E-state index in [-0.39, 0.29) is 5.82 Å². The molecule has 0 radical (unpaired) electrons. The summed E-state index contributed by atoms with van der Waals surface area (Å²) in [7, 11) is 0. The van der Waals surface area contributed by atoms with Crippen LogP contribution >= 0.6 is 22.7 Å². The minimum absolute atomic E-state index is 0.328. The predicted octanol–water partition coefficient (Wildman–Crippen LogP) is 3.82. The highest BCUT2D eigenvalue weighted by Crippen LogP contribution is 2.25. The summed E-state index contributed by atoms with van der Waals surface area (Å²) in [6, 6.07) is 5.90. The van der Waals surface area contributed by atoms with E-state index in [1.807, 2.05) is 0 Å². The van der Waals surface area contributed by atoms with Crippen LogP contribution in [0.4, 0.5) is 9.52 Å². The second kappa shape index (κ2) is 7.71. The Kier molecular flexibility index (Phi) is 5.38. The van der Waals surface area contributed by atoms with Gasteiger partial charge < -0.3 is 4.74 Å². The van der Waals surface area contributed by atoms with Crippen LogP contribution in [0.3, 0.4) is 0 Å². The molecule has 1 amide bonds. The third-order valence-electron chi connectivity index (χ3n) is 3.31. The van der Waals surface area contributed by atoms with Gasteiger partial charge in [0.05, 0.1) is 16.4 Å². The van der Waals surface area contributed by atoms with E-state index in [9.17, 15) is 14.0 Å². The van der Waals surface area contributed by atoms with Crippen molar-refractivity contribution < 1.29 is 18.7 Å². The Morgan fingerprint density at radius 3 is 2.58 bits per heavy atom. The Bertz CT molecular complexity index is 951. The molecule has 0 fully saturated rings. The van der Waals surface area contributed by atoms with E-state index >= 15 is 0 Å². The first-order valence-corrected chi connectivity index (χ1v) is 9.24. The lowest BCUT2D eigenvalue weighted by Crippen LogP contribution is -2.20. The van der Waals surface area contributed by atoms with Crippen molar-refractivity contribution in [3.63, 3.8) is 0 Å². The van der Waals surface area contributed by atoms with Crippen LogP contribution in [-0.2, 0) is 9.53 Å². The highest BCUT2D eigenvalue weighted by Gasteiger charge is 2.17. The van der Waals surface area contributed by atoms with E-state index in [1.54, 1.807) is 31.4 Å². The average Bonchev–Trinajstić information content (AvgIpc) is 3.19. The minimum atomic E-state index is -0.575. The van der Waals surface area contributed by atoms with Gasteiger partial charge >= 0.3 is 5.97 Å². The number of nitrogens with one attached hydrogen (secondary N) is 1. The summed E-state index contributed by atoms with van der Waals surface area (Å²) >= 11 is 2.45. The van der Waals surface area contributed by atoms with Crippen molar-refractivity contribution in [2.45, 2.75) is 13.8 Å². The number of benzene rings is 1. The molecule has 26 heavy (non-hydrogen) atoms. The van der Waals surface area contributed by atoms with Crippen molar-refractivity contribution >= 4 is 39.7 Å². The zero-order chi connectivity index (χ0) is 18.7. The molecule has 134 valence electrons. The normalized spacial score (nSPS) is 10.6. The number of esters is 1. The SMILES string of the molecule is Cc1nc(C)c(C(=O)OCC(=O)Nc2nc(-c3ccc(F)cc3)cs2)s1. The lowest BCUT2D eigenvalue weighted by atomic mass is 10.2. The molecule has 0 spiro atoms. The zero-order valence-corrected chi connectivity index (χ0v) is 15.5. The van der Waals surface area contributed by atoms with Crippen molar-refractivity contribution in [2.75, 3.05) is 11.9 Å². The molecule has 0 saturated heterocycles. The number of ether oxygens (including phenoxy) is 1. The number of carbonyl (C=O) groups excluding carboxylic acids is 2. The monoisotopic (exact) mass is 391 g/mol. The number of anilines is 1. The van der Waals surface area contributed by atoms with Gasteiger partial charge in [0.1, 0.15) is 10.7 Å². The fourth-order valence-corrected chi connectivity index (χ4v) is 3.71. The summed E-state index contributed by atoms with van der Waals surface area (Å²) in [5.74, 6) is -1.39. The van der Waals surface area contributed by atoms with Crippen LogP contribution in [-0.4, -0.2) is 28.5 Å². The molecule has 9 heteroatoms. The number of hydrogen-bond acceptors (Lipinski definition) is 7. The molecule has 3 rings (SSSR count). The molecular weight excluding hydrogens is 377 g/mol. The molecule has 0 saturated carbocycles. The van der Waals surface area contributed by atoms with Gasteiger partial charge in [0.25, 0.3) is 5.91 Å². The van der Waals surface area contributed by atoms with Gasteiger partial charge in [-0.05, 0) is 38.1 Å². The molecule has 1 N–H and O–H groups in total. The summed E-state index contributed by atoms with van der Waals surface area (Å²) in [6.45, 7) is 3.09. The van der Waals surface area contributed by atoms with Gasteiger partial charge in [-0.2, -0.15) is 0 Å². The lowest BCUT2D eigenvalue weighted by Gasteiger charge is -2.03.